The number of aromatic nitrogens is 7. The summed E-state index contributed by atoms with van der Waals surface area (Å²) in [6, 6.07) is 3.31. The maximum atomic E-state index is 11.6. The molecule has 4 rings (SSSR count). The molecule has 1 N–H and O–H groups in total. The Morgan fingerprint density at radius 1 is 1.22 bits per heavy atom. The minimum absolute atomic E-state index is 0.173. The Balaban J connectivity index is 1.89. The van der Waals surface area contributed by atoms with E-state index >= 15 is 0 Å². The smallest absolute Gasteiger partial charge is 0.305 e. The number of benzene rings is 1. The molecule has 0 fully saturated rings. The monoisotopic (exact) mass is 439 g/mol. The lowest BCUT2D eigenvalue weighted by atomic mass is 10.3. The molecular formula is C15H11Cl2N7OS2. The Kier molecular flexibility index (Phi) is 5.13. The van der Waals surface area contributed by atoms with Gasteiger partial charge in [0.1, 0.15) is 10.7 Å². The van der Waals surface area contributed by atoms with Gasteiger partial charge < -0.3 is 4.98 Å². The Morgan fingerprint density at radius 3 is 2.63 bits per heavy atom. The van der Waals surface area contributed by atoms with Crippen LogP contribution in [0.15, 0.2) is 33.3 Å². The molecule has 8 nitrogen and oxygen atoms in total. The molecule has 0 aliphatic rings. The van der Waals surface area contributed by atoms with E-state index in [4.69, 9.17) is 23.2 Å². The lowest BCUT2D eigenvalue weighted by Crippen LogP contribution is -2.02. The lowest BCUT2D eigenvalue weighted by Gasteiger charge is -2.09. The summed E-state index contributed by atoms with van der Waals surface area (Å²) in [5.74, 6) is 0. The first-order chi connectivity index (χ1) is 13.0. The van der Waals surface area contributed by atoms with E-state index in [1.165, 1.54) is 11.8 Å². The summed E-state index contributed by atoms with van der Waals surface area (Å²) in [6.07, 6.45) is 2.50. The first kappa shape index (κ1) is 18.4. The van der Waals surface area contributed by atoms with Crippen molar-refractivity contribution in [1.82, 2.24) is 35.2 Å². The highest BCUT2D eigenvalue weighted by Gasteiger charge is 2.18. The van der Waals surface area contributed by atoms with Crippen LogP contribution in [0.4, 0.5) is 0 Å². The molecule has 0 saturated carbocycles. The van der Waals surface area contributed by atoms with Crippen molar-refractivity contribution in [3.8, 4) is 10.6 Å². The van der Waals surface area contributed by atoms with Gasteiger partial charge >= 0.3 is 4.87 Å². The average molecular weight is 440 g/mol. The Morgan fingerprint density at radius 2 is 1.96 bits per heavy atom. The van der Waals surface area contributed by atoms with Gasteiger partial charge in [-0.1, -0.05) is 41.5 Å². The summed E-state index contributed by atoms with van der Waals surface area (Å²) in [7, 11) is 0. The van der Waals surface area contributed by atoms with E-state index in [0.717, 1.165) is 17.8 Å². The fourth-order valence-corrected chi connectivity index (χ4v) is 4.31. The number of halogens is 2. The maximum Gasteiger partial charge on any atom is 0.305 e. The van der Waals surface area contributed by atoms with Gasteiger partial charge in [0.05, 0.1) is 26.0 Å². The van der Waals surface area contributed by atoms with Crippen LogP contribution in [0, 0.1) is 0 Å². The third-order valence-electron chi connectivity index (χ3n) is 3.55. The summed E-state index contributed by atoms with van der Waals surface area (Å²) in [5.41, 5.74) is 1.73. The largest absolute Gasteiger partial charge is 0.319 e. The number of aromatic amines is 1. The van der Waals surface area contributed by atoms with Gasteiger partial charge in [-0.25, -0.2) is 14.6 Å². The number of tetrazole rings is 1. The second-order valence-electron chi connectivity index (χ2n) is 5.46. The summed E-state index contributed by atoms with van der Waals surface area (Å²) in [4.78, 5) is 24.1. The summed E-state index contributed by atoms with van der Waals surface area (Å²) in [5, 5.41) is 13.7. The second kappa shape index (κ2) is 7.55. The van der Waals surface area contributed by atoms with Gasteiger partial charge in [-0.2, -0.15) is 0 Å². The Hall–Kier alpha value is -2.01. The molecule has 0 unspecified atom stereocenters. The van der Waals surface area contributed by atoms with Crippen molar-refractivity contribution in [2.24, 2.45) is 0 Å². The normalized spacial score (nSPS) is 11.4. The molecule has 3 aromatic heterocycles. The standard InChI is InChI=1S/C15H11Cl2N7OS2/c1-2-3-24-14(21-22-23-24)27-13-12(11-6-18-15(25)26-11)19-9-4-7(16)8(17)5-10(9)20-13/h4-6H,2-3H2,1H3,(H,18,25). The van der Waals surface area contributed by atoms with Crippen LogP contribution in [0.2, 0.25) is 10.0 Å². The number of nitrogens with zero attached hydrogens (tertiary/aromatic N) is 6. The number of hydrogen-bond donors (Lipinski definition) is 1. The number of hydrogen-bond acceptors (Lipinski definition) is 8. The molecular weight excluding hydrogens is 429 g/mol. The third kappa shape index (κ3) is 3.70. The molecule has 0 saturated heterocycles. The zero-order valence-electron chi connectivity index (χ0n) is 13.8. The lowest BCUT2D eigenvalue weighted by molar-refractivity contribution is 0.539. The number of H-pyrrole nitrogens is 1. The van der Waals surface area contributed by atoms with Gasteiger partial charge in [-0.05, 0) is 40.7 Å². The van der Waals surface area contributed by atoms with Crippen molar-refractivity contribution < 1.29 is 0 Å². The topological polar surface area (TPSA) is 102 Å². The fourth-order valence-electron chi connectivity index (χ4n) is 2.38. The average Bonchev–Trinajstić information content (AvgIpc) is 3.25. The van der Waals surface area contributed by atoms with E-state index < -0.39 is 0 Å². The maximum absolute atomic E-state index is 11.6. The molecule has 12 heteroatoms. The number of fused-ring (bicyclic) bond motifs is 1. The highest BCUT2D eigenvalue weighted by atomic mass is 35.5. The highest BCUT2D eigenvalue weighted by Crippen LogP contribution is 2.36. The first-order valence-electron chi connectivity index (χ1n) is 7.85. The highest BCUT2D eigenvalue weighted by molar-refractivity contribution is 7.99. The van der Waals surface area contributed by atoms with Gasteiger partial charge in [0.25, 0.3) is 0 Å². The molecule has 4 aromatic rings. The molecule has 27 heavy (non-hydrogen) atoms. The van der Waals surface area contributed by atoms with Gasteiger partial charge in [-0.3, -0.25) is 4.79 Å². The molecule has 0 amide bonds. The molecule has 0 aliphatic carbocycles. The quantitative estimate of drug-likeness (QED) is 0.502. The zero-order valence-corrected chi connectivity index (χ0v) is 17.0. The number of rotatable bonds is 5. The summed E-state index contributed by atoms with van der Waals surface area (Å²) < 4.78 is 1.70. The van der Waals surface area contributed by atoms with Gasteiger partial charge in [-0.15, -0.1) is 5.10 Å². The van der Waals surface area contributed by atoms with Crippen LogP contribution in [-0.2, 0) is 6.54 Å². The van der Waals surface area contributed by atoms with Crippen molar-refractivity contribution >= 4 is 57.3 Å². The number of aryl methyl sites for hydroxylation is 1. The van der Waals surface area contributed by atoms with Gasteiger partial charge in [0.15, 0.2) is 0 Å². The third-order valence-corrected chi connectivity index (χ3v) is 6.06. The van der Waals surface area contributed by atoms with Crippen LogP contribution in [0.1, 0.15) is 13.3 Å². The van der Waals surface area contributed by atoms with Crippen LogP contribution < -0.4 is 4.87 Å². The van der Waals surface area contributed by atoms with Crippen LogP contribution >= 0.6 is 46.3 Å². The Labute approximate surface area is 170 Å². The van der Waals surface area contributed by atoms with Crippen molar-refractivity contribution in [2.45, 2.75) is 30.1 Å². The predicted molar refractivity (Wildman–Crippen MR) is 106 cm³/mol. The minimum atomic E-state index is -0.173. The van der Waals surface area contributed by atoms with Gasteiger partial charge in [0, 0.05) is 12.7 Å². The van der Waals surface area contributed by atoms with Crippen LogP contribution in [0.5, 0.6) is 0 Å². The van der Waals surface area contributed by atoms with E-state index in [-0.39, 0.29) is 4.87 Å². The Bertz CT molecular complexity index is 1190. The van der Waals surface area contributed by atoms with Crippen molar-refractivity contribution in [1.29, 1.82) is 0 Å². The molecule has 0 bridgehead atoms. The van der Waals surface area contributed by atoms with Gasteiger partial charge in [0.2, 0.25) is 5.16 Å². The summed E-state index contributed by atoms with van der Waals surface area (Å²) >= 11 is 14.6. The molecule has 138 valence electrons. The molecule has 3 heterocycles. The van der Waals surface area contributed by atoms with Crippen LogP contribution in [-0.4, -0.2) is 35.2 Å². The van der Waals surface area contributed by atoms with Crippen LogP contribution in [0.3, 0.4) is 0 Å². The van der Waals surface area contributed by atoms with E-state index in [2.05, 4.69) is 30.5 Å². The van der Waals surface area contributed by atoms with Crippen LogP contribution in [0.25, 0.3) is 21.6 Å². The van der Waals surface area contributed by atoms with E-state index in [1.54, 1.807) is 23.0 Å². The van der Waals surface area contributed by atoms with Crippen molar-refractivity contribution in [2.75, 3.05) is 0 Å². The molecule has 0 spiro atoms. The molecule has 0 atom stereocenters. The second-order valence-corrected chi connectivity index (χ2v) is 8.25. The fraction of sp³-hybridized carbons (Fsp3) is 0.200. The molecule has 0 radical (unpaired) electrons. The van der Waals surface area contributed by atoms with Crippen molar-refractivity contribution in [3.63, 3.8) is 0 Å². The SMILES string of the molecule is CCCn1nnnc1Sc1nc2cc(Cl)c(Cl)cc2nc1-c1c[nH]c(=O)s1. The molecule has 0 aliphatic heterocycles. The van der Waals surface area contributed by atoms with Crippen molar-refractivity contribution in [3.05, 3.63) is 38.0 Å². The predicted octanol–water partition coefficient (Wildman–Crippen LogP) is 3.90. The summed E-state index contributed by atoms with van der Waals surface area (Å²) in [6.45, 7) is 2.73. The number of nitrogens with one attached hydrogen (secondary N) is 1. The first-order valence-corrected chi connectivity index (χ1v) is 10.2. The van der Waals surface area contributed by atoms with E-state index in [0.29, 0.717) is 48.4 Å². The zero-order chi connectivity index (χ0) is 19.0. The number of thiazole rings is 1. The molecule has 1 aromatic carbocycles. The minimum Gasteiger partial charge on any atom is -0.319 e. The van der Waals surface area contributed by atoms with E-state index in [1.807, 2.05) is 6.92 Å². The van der Waals surface area contributed by atoms with E-state index in [9.17, 15) is 4.79 Å².